The molecule has 53 heavy (non-hydrogen) atoms. The molecule has 2 aliphatic rings. The summed E-state index contributed by atoms with van der Waals surface area (Å²) < 4.78 is 40.5. The Bertz CT molecular complexity index is 2520. The zero-order chi connectivity index (χ0) is 37.5. The molecule has 0 radical (unpaired) electrons. The fourth-order valence-corrected chi connectivity index (χ4v) is 6.47. The van der Waals surface area contributed by atoms with Gasteiger partial charge in [-0.2, -0.15) is 0 Å². The Morgan fingerprint density at radius 2 is 1.19 bits per heavy atom. The van der Waals surface area contributed by atoms with Crippen molar-refractivity contribution in [2.75, 3.05) is 26.4 Å². The van der Waals surface area contributed by atoms with E-state index in [1.807, 2.05) is 24.3 Å². The predicted molar refractivity (Wildman–Crippen MR) is 205 cm³/mol. The summed E-state index contributed by atoms with van der Waals surface area (Å²) in [6.45, 7) is 2.68. The van der Waals surface area contributed by atoms with E-state index >= 15 is 0 Å². The lowest BCUT2D eigenvalue weighted by Gasteiger charge is -2.13. The van der Waals surface area contributed by atoms with Crippen LogP contribution < -0.4 is 11.1 Å². The lowest BCUT2D eigenvalue weighted by atomic mass is 10.1. The van der Waals surface area contributed by atoms with Gasteiger partial charge in [0.15, 0.2) is 0 Å². The van der Waals surface area contributed by atoms with Gasteiger partial charge in [-0.3, -0.25) is 18.7 Å². The Morgan fingerprint density at radius 1 is 0.698 bits per heavy atom. The molecule has 6 aromatic rings. The van der Waals surface area contributed by atoms with Crippen molar-refractivity contribution in [3.05, 3.63) is 150 Å². The smallest absolute Gasteiger partial charge is 0.261 e. The molecule has 8 nitrogen and oxygen atoms in total. The van der Waals surface area contributed by atoms with E-state index in [0.29, 0.717) is 47.2 Å². The minimum absolute atomic E-state index is 0.00870. The van der Waals surface area contributed by atoms with Crippen molar-refractivity contribution in [3.63, 3.8) is 0 Å². The molecule has 2 fully saturated rings. The number of terminal acetylenes is 1. The number of fused-ring (bicyclic) bond motifs is 2. The van der Waals surface area contributed by atoms with Crippen LogP contribution in [0.25, 0.3) is 21.8 Å². The monoisotopic (exact) mass is 776 g/mol. The average Bonchev–Trinajstić information content (AvgIpc) is 3.90. The number of aromatic nitrogens is 4. The fourth-order valence-electron chi connectivity index (χ4n) is 6.12. The highest BCUT2D eigenvalue weighted by Gasteiger charge is 2.24. The summed E-state index contributed by atoms with van der Waals surface area (Å²) in [5, 5.41) is 1.22. The van der Waals surface area contributed by atoms with Crippen LogP contribution in [0.1, 0.15) is 53.0 Å². The third kappa shape index (κ3) is 8.95. The molecule has 0 spiro atoms. The van der Waals surface area contributed by atoms with Crippen molar-refractivity contribution >= 4 is 37.7 Å². The number of hydrogen-bond donors (Lipinski definition) is 0. The topological polar surface area (TPSA) is 88.2 Å². The van der Waals surface area contributed by atoms with Crippen LogP contribution in [0.4, 0.5) is 8.78 Å². The van der Waals surface area contributed by atoms with Crippen molar-refractivity contribution in [2.45, 2.75) is 24.7 Å². The Labute approximate surface area is 313 Å². The largest absolute Gasteiger partial charge is 0.381 e. The zero-order valence-electron chi connectivity index (χ0n) is 29.1. The predicted octanol–water partition coefficient (Wildman–Crippen LogP) is 6.98. The summed E-state index contributed by atoms with van der Waals surface area (Å²) in [6, 6.07) is 23.0. The van der Waals surface area contributed by atoms with Gasteiger partial charge in [-0.05, 0) is 85.6 Å². The summed E-state index contributed by atoms with van der Waals surface area (Å²) in [7, 11) is 3.53. The van der Waals surface area contributed by atoms with E-state index in [9.17, 15) is 18.4 Å². The highest BCUT2D eigenvalue weighted by molar-refractivity contribution is 9.10. The summed E-state index contributed by atoms with van der Waals surface area (Å²) in [5.74, 6) is 9.61. The second-order valence-electron chi connectivity index (χ2n) is 12.6. The summed E-state index contributed by atoms with van der Waals surface area (Å²) >= 11 is 3.41. The standard InChI is InChI=1S/C21H17FN2O2.C13H13BrN2O2.C8H5F/c1-24-20(16-9-10-26-13-16)23-19-12-15(7-8-18(19)21(24)25)6-5-14-3-2-4-17(22)11-14;1-16-12(8-4-5-18-7-8)15-11-6-9(14)2-3-10(11)13(16)17;1-2-7-4-3-5-8(9)6-7/h2-4,7-8,11-12,16H,9-10,13H2,1H3;2-3,6,8H,4-5,7H2,1H3;1,3-6H. The van der Waals surface area contributed by atoms with Gasteiger partial charge >= 0.3 is 0 Å². The molecular formula is C42H35BrF2N4O4. The first kappa shape index (κ1) is 37.3. The van der Waals surface area contributed by atoms with Crippen LogP contribution in [0.15, 0.2) is 99.0 Å². The van der Waals surface area contributed by atoms with E-state index in [-0.39, 0.29) is 34.6 Å². The van der Waals surface area contributed by atoms with Gasteiger partial charge in [0.05, 0.1) is 35.0 Å². The molecule has 0 bridgehead atoms. The SMILES string of the molecule is C#Cc1cccc(F)c1.Cn1c(C2CCOC2)nc2cc(Br)ccc2c1=O.Cn1c(C2CCOC2)nc2cc(C#Cc3cccc(F)c3)ccc2c1=O. The van der Waals surface area contributed by atoms with Crippen molar-refractivity contribution in [3.8, 4) is 24.2 Å². The zero-order valence-corrected chi connectivity index (χ0v) is 30.7. The highest BCUT2D eigenvalue weighted by Crippen LogP contribution is 2.25. The molecule has 2 aliphatic heterocycles. The summed E-state index contributed by atoms with van der Waals surface area (Å²) in [5.41, 5.74) is 3.23. The van der Waals surface area contributed by atoms with Crippen LogP contribution in [-0.4, -0.2) is 45.5 Å². The van der Waals surface area contributed by atoms with E-state index in [1.54, 1.807) is 59.6 Å². The number of ether oxygens (including phenoxy) is 2. The second-order valence-corrected chi connectivity index (χ2v) is 13.5. The molecule has 11 heteroatoms. The molecule has 2 atom stereocenters. The molecule has 2 aromatic heterocycles. The maximum Gasteiger partial charge on any atom is 0.261 e. The number of nitrogens with zero attached hydrogens (tertiary/aromatic N) is 4. The molecule has 2 saturated heterocycles. The number of rotatable bonds is 2. The highest BCUT2D eigenvalue weighted by atomic mass is 79.9. The molecule has 0 amide bonds. The maximum absolute atomic E-state index is 13.3. The molecule has 0 N–H and O–H groups in total. The first-order valence-corrected chi connectivity index (χ1v) is 17.7. The van der Waals surface area contributed by atoms with Crippen molar-refractivity contribution in [1.82, 2.24) is 19.1 Å². The average molecular weight is 778 g/mol. The van der Waals surface area contributed by atoms with Gasteiger partial charge in [-0.15, -0.1) is 6.42 Å². The van der Waals surface area contributed by atoms with Crippen LogP contribution >= 0.6 is 15.9 Å². The Kier molecular flexibility index (Phi) is 11.9. The third-order valence-electron chi connectivity index (χ3n) is 8.94. The van der Waals surface area contributed by atoms with Crippen LogP contribution in [0, 0.1) is 35.8 Å². The van der Waals surface area contributed by atoms with Gasteiger partial charge in [0, 0.05) is 60.3 Å². The number of hydrogen-bond acceptors (Lipinski definition) is 6. The van der Waals surface area contributed by atoms with E-state index in [1.165, 1.54) is 24.3 Å². The lowest BCUT2D eigenvalue weighted by molar-refractivity contribution is 0.192. The van der Waals surface area contributed by atoms with E-state index in [0.717, 1.165) is 46.7 Å². The summed E-state index contributed by atoms with van der Waals surface area (Å²) in [4.78, 5) is 34.3. The van der Waals surface area contributed by atoms with Crippen molar-refractivity contribution < 1.29 is 18.3 Å². The molecule has 0 saturated carbocycles. The first-order chi connectivity index (χ1) is 25.6. The van der Waals surface area contributed by atoms with Crippen LogP contribution in [0.3, 0.4) is 0 Å². The number of halogens is 3. The second kappa shape index (κ2) is 16.9. The van der Waals surface area contributed by atoms with Crippen molar-refractivity contribution in [1.29, 1.82) is 0 Å². The lowest BCUT2D eigenvalue weighted by Crippen LogP contribution is -2.24. The van der Waals surface area contributed by atoms with Crippen molar-refractivity contribution in [2.24, 2.45) is 14.1 Å². The van der Waals surface area contributed by atoms with Gasteiger partial charge in [0.25, 0.3) is 11.1 Å². The van der Waals surface area contributed by atoms with Gasteiger partial charge in [0.2, 0.25) is 0 Å². The Morgan fingerprint density at radius 3 is 1.68 bits per heavy atom. The van der Waals surface area contributed by atoms with Gasteiger partial charge < -0.3 is 9.47 Å². The van der Waals surface area contributed by atoms with Crippen LogP contribution in [-0.2, 0) is 23.6 Å². The fraction of sp³-hybridized carbons (Fsp3) is 0.238. The molecule has 4 aromatic carbocycles. The molecular weight excluding hydrogens is 742 g/mol. The minimum Gasteiger partial charge on any atom is -0.381 e. The summed E-state index contributed by atoms with van der Waals surface area (Å²) in [6.07, 6.45) is 6.80. The first-order valence-electron chi connectivity index (χ1n) is 16.9. The third-order valence-corrected chi connectivity index (χ3v) is 9.43. The molecule has 268 valence electrons. The van der Waals surface area contributed by atoms with Gasteiger partial charge in [-0.1, -0.05) is 45.8 Å². The Hall–Kier alpha value is -5.46. The molecule has 2 unspecified atom stereocenters. The Balaban J connectivity index is 0.000000153. The van der Waals surface area contributed by atoms with E-state index < -0.39 is 0 Å². The molecule has 4 heterocycles. The van der Waals surface area contributed by atoms with Gasteiger partial charge in [0.1, 0.15) is 23.3 Å². The maximum atomic E-state index is 13.3. The number of benzene rings is 4. The van der Waals surface area contributed by atoms with Crippen LogP contribution in [0.2, 0.25) is 0 Å². The van der Waals surface area contributed by atoms with Crippen LogP contribution in [0.5, 0.6) is 0 Å². The normalized spacial score (nSPS) is 16.2. The van der Waals surface area contributed by atoms with E-state index in [4.69, 9.17) is 20.9 Å². The molecule has 8 rings (SSSR count). The molecule has 0 aliphatic carbocycles. The van der Waals surface area contributed by atoms with Gasteiger partial charge in [-0.25, -0.2) is 18.7 Å². The van der Waals surface area contributed by atoms with E-state index in [2.05, 4.69) is 38.7 Å². The minimum atomic E-state index is -0.316. The quantitative estimate of drug-likeness (QED) is 0.177.